The summed E-state index contributed by atoms with van der Waals surface area (Å²) in [6.45, 7) is 1.23. The molecular formula is C24H24FN3O3. The maximum Gasteiger partial charge on any atom is 0.257 e. The Kier molecular flexibility index (Phi) is 5.95. The number of amides is 1. The van der Waals surface area contributed by atoms with E-state index in [0.717, 1.165) is 18.4 Å². The first-order chi connectivity index (χ1) is 15.0. The highest BCUT2D eigenvalue weighted by molar-refractivity contribution is 5.77. The van der Waals surface area contributed by atoms with Gasteiger partial charge in [0.25, 0.3) is 5.56 Å². The van der Waals surface area contributed by atoms with Gasteiger partial charge in [-0.3, -0.25) is 14.2 Å². The van der Waals surface area contributed by atoms with Crippen LogP contribution in [0.25, 0.3) is 11.4 Å². The van der Waals surface area contributed by atoms with Crippen molar-refractivity contribution in [2.45, 2.75) is 38.8 Å². The van der Waals surface area contributed by atoms with Gasteiger partial charge in [-0.2, -0.15) is 0 Å². The average molecular weight is 421 g/mol. The van der Waals surface area contributed by atoms with Crippen LogP contribution >= 0.6 is 0 Å². The highest BCUT2D eigenvalue weighted by Crippen LogP contribution is 2.30. The molecular weight excluding hydrogens is 397 g/mol. The largest absolute Gasteiger partial charge is 0.396 e. The summed E-state index contributed by atoms with van der Waals surface area (Å²) in [5.41, 5.74) is 3.13. The smallest absolute Gasteiger partial charge is 0.257 e. The number of nitrogens with zero attached hydrogens (tertiary/aromatic N) is 2. The normalized spacial score (nSPS) is 15.0. The summed E-state index contributed by atoms with van der Waals surface area (Å²) in [5.74, 6) is -0.546. The van der Waals surface area contributed by atoms with E-state index in [-0.39, 0.29) is 37.3 Å². The van der Waals surface area contributed by atoms with E-state index in [9.17, 15) is 19.1 Å². The molecule has 3 aromatic rings. The number of fused-ring (bicyclic) bond motifs is 1. The summed E-state index contributed by atoms with van der Waals surface area (Å²) in [5, 5.41) is 12.4. The number of aliphatic hydroxyl groups is 1. The van der Waals surface area contributed by atoms with Gasteiger partial charge < -0.3 is 10.4 Å². The van der Waals surface area contributed by atoms with Gasteiger partial charge in [-0.15, -0.1) is 0 Å². The van der Waals surface area contributed by atoms with Gasteiger partial charge in [-0.1, -0.05) is 36.4 Å². The lowest BCUT2D eigenvalue weighted by molar-refractivity contribution is -0.122. The number of nitrogens with one attached hydrogen (secondary N) is 1. The number of rotatable bonds is 6. The van der Waals surface area contributed by atoms with Crippen molar-refractivity contribution in [2.24, 2.45) is 0 Å². The predicted molar refractivity (Wildman–Crippen MR) is 115 cm³/mol. The minimum Gasteiger partial charge on any atom is -0.396 e. The van der Waals surface area contributed by atoms with Crippen molar-refractivity contribution in [3.63, 3.8) is 0 Å². The summed E-state index contributed by atoms with van der Waals surface area (Å²) in [4.78, 5) is 30.6. The van der Waals surface area contributed by atoms with E-state index in [1.165, 1.54) is 28.3 Å². The van der Waals surface area contributed by atoms with Crippen LogP contribution in [0.5, 0.6) is 0 Å². The maximum absolute atomic E-state index is 13.8. The van der Waals surface area contributed by atoms with E-state index < -0.39 is 11.4 Å². The number of hydrogen-bond acceptors (Lipinski definition) is 4. The number of benzene rings is 2. The third-order valence-electron chi connectivity index (χ3n) is 5.68. The summed E-state index contributed by atoms with van der Waals surface area (Å²) in [7, 11) is 0. The predicted octanol–water partition coefficient (Wildman–Crippen LogP) is 2.70. The zero-order chi connectivity index (χ0) is 22.0. The SMILES string of the molecule is Cc1nc(-c2cccc(F)c2)n(CC(=O)NC2CCc3ccccc32)c(=O)c1CCO. The zero-order valence-electron chi connectivity index (χ0n) is 17.3. The van der Waals surface area contributed by atoms with Crippen molar-refractivity contribution >= 4 is 5.91 Å². The molecule has 0 spiro atoms. The molecule has 1 aliphatic rings. The van der Waals surface area contributed by atoms with Crippen LogP contribution in [0.3, 0.4) is 0 Å². The van der Waals surface area contributed by atoms with Crippen LogP contribution in [-0.2, 0) is 24.2 Å². The number of aliphatic hydroxyl groups excluding tert-OH is 1. The molecule has 4 rings (SSSR count). The standard InChI is InChI=1S/C24H24FN3O3/c1-15-19(11-12-29)24(31)28(23(26-15)17-6-4-7-18(25)13-17)14-22(30)27-21-10-9-16-5-2-3-8-20(16)21/h2-8,13,21,29H,9-12,14H2,1H3,(H,27,30). The molecule has 7 heteroatoms. The summed E-state index contributed by atoms with van der Waals surface area (Å²) in [6.07, 6.45) is 1.83. The van der Waals surface area contributed by atoms with Gasteiger partial charge in [0.1, 0.15) is 18.2 Å². The Balaban J connectivity index is 1.68. The van der Waals surface area contributed by atoms with Crippen LogP contribution in [0.1, 0.15) is 34.8 Å². The molecule has 160 valence electrons. The van der Waals surface area contributed by atoms with E-state index in [1.54, 1.807) is 13.0 Å². The molecule has 6 nitrogen and oxygen atoms in total. The molecule has 0 radical (unpaired) electrons. The summed E-state index contributed by atoms with van der Waals surface area (Å²) in [6, 6.07) is 13.7. The molecule has 1 amide bonds. The second kappa shape index (κ2) is 8.81. The molecule has 1 heterocycles. The first kappa shape index (κ1) is 20.9. The fourth-order valence-corrected chi connectivity index (χ4v) is 4.19. The van der Waals surface area contributed by atoms with Crippen LogP contribution in [0.2, 0.25) is 0 Å². The maximum atomic E-state index is 13.8. The van der Waals surface area contributed by atoms with Crippen LogP contribution in [0.15, 0.2) is 53.3 Å². The van der Waals surface area contributed by atoms with Crippen molar-refractivity contribution in [1.82, 2.24) is 14.9 Å². The van der Waals surface area contributed by atoms with Gasteiger partial charge in [0.05, 0.1) is 6.04 Å². The van der Waals surface area contributed by atoms with Crippen molar-refractivity contribution < 1.29 is 14.3 Å². The Morgan fingerprint density at radius 2 is 2.06 bits per heavy atom. The Hall–Kier alpha value is -3.32. The van der Waals surface area contributed by atoms with Gasteiger partial charge in [-0.25, -0.2) is 9.37 Å². The quantitative estimate of drug-likeness (QED) is 0.641. The van der Waals surface area contributed by atoms with Gasteiger partial charge in [0.2, 0.25) is 5.91 Å². The molecule has 0 bridgehead atoms. The van der Waals surface area contributed by atoms with E-state index in [0.29, 0.717) is 16.8 Å². The average Bonchev–Trinajstić information content (AvgIpc) is 3.16. The summed E-state index contributed by atoms with van der Waals surface area (Å²) >= 11 is 0. The molecule has 2 N–H and O–H groups in total. The van der Waals surface area contributed by atoms with Crippen molar-refractivity contribution in [2.75, 3.05) is 6.61 Å². The van der Waals surface area contributed by atoms with Gasteiger partial charge in [-0.05, 0) is 43.0 Å². The number of hydrogen-bond donors (Lipinski definition) is 2. The molecule has 31 heavy (non-hydrogen) atoms. The van der Waals surface area contributed by atoms with Crippen LogP contribution in [-0.4, -0.2) is 27.2 Å². The fraction of sp³-hybridized carbons (Fsp3) is 0.292. The fourth-order valence-electron chi connectivity index (χ4n) is 4.19. The lowest BCUT2D eigenvalue weighted by Gasteiger charge is -2.18. The highest BCUT2D eigenvalue weighted by Gasteiger charge is 2.24. The molecule has 0 saturated carbocycles. The highest BCUT2D eigenvalue weighted by atomic mass is 19.1. The second-order valence-corrected chi connectivity index (χ2v) is 7.73. The molecule has 1 aliphatic carbocycles. The van der Waals surface area contributed by atoms with Gasteiger partial charge >= 0.3 is 0 Å². The first-order valence-corrected chi connectivity index (χ1v) is 10.3. The number of aryl methyl sites for hydroxylation is 2. The minimum absolute atomic E-state index is 0.104. The lowest BCUT2D eigenvalue weighted by Crippen LogP contribution is -2.37. The van der Waals surface area contributed by atoms with Crippen LogP contribution in [0.4, 0.5) is 4.39 Å². The third kappa shape index (κ3) is 4.27. The Morgan fingerprint density at radius 1 is 1.26 bits per heavy atom. The van der Waals surface area contributed by atoms with Crippen molar-refractivity contribution in [1.29, 1.82) is 0 Å². The van der Waals surface area contributed by atoms with Crippen molar-refractivity contribution in [3.8, 4) is 11.4 Å². The van der Waals surface area contributed by atoms with E-state index in [1.807, 2.05) is 18.2 Å². The number of carbonyl (C=O) groups excluding carboxylic acids is 1. The topological polar surface area (TPSA) is 84.2 Å². The van der Waals surface area contributed by atoms with Gasteiger partial charge in [0.15, 0.2) is 0 Å². The Bertz CT molecular complexity index is 1190. The second-order valence-electron chi connectivity index (χ2n) is 7.73. The molecule has 0 aliphatic heterocycles. The number of aromatic nitrogens is 2. The monoisotopic (exact) mass is 421 g/mol. The van der Waals surface area contributed by atoms with E-state index >= 15 is 0 Å². The van der Waals surface area contributed by atoms with Crippen molar-refractivity contribution in [3.05, 3.63) is 87.1 Å². The first-order valence-electron chi connectivity index (χ1n) is 10.3. The van der Waals surface area contributed by atoms with Crippen LogP contribution < -0.4 is 10.9 Å². The molecule has 2 aromatic carbocycles. The number of carbonyl (C=O) groups is 1. The van der Waals surface area contributed by atoms with E-state index in [2.05, 4.69) is 16.4 Å². The summed E-state index contributed by atoms with van der Waals surface area (Å²) < 4.78 is 15.1. The molecule has 1 aromatic heterocycles. The Morgan fingerprint density at radius 3 is 2.84 bits per heavy atom. The number of halogens is 1. The lowest BCUT2D eigenvalue weighted by atomic mass is 10.1. The molecule has 0 saturated heterocycles. The van der Waals surface area contributed by atoms with Crippen LogP contribution in [0, 0.1) is 12.7 Å². The van der Waals surface area contributed by atoms with E-state index in [4.69, 9.17) is 0 Å². The third-order valence-corrected chi connectivity index (χ3v) is 5.68. The zero-order valence-corrected chi connectivity index (χ0v) is 17.3. The Labute approximate surface area is 179 Å². The molecule has 1 unspecified atom stereocenters. The molecule has 1 atom stereocenters. The molecule has 0 fully saturated rings. The van der Waals surface area contributed by atoms with Gasteiger partial charge in [0, 0.05) is 29.8 Å². The minimum atomic E-state index is -0.456.